The van der Waals surface area contributed by atoms with Crippen LogP contribution >= 0.6 is 0 Å². The van der Waals surface area contributed by atoms with E-state index in [-0.39, 0.29) is 11.9 Å². The molecule has 0 aliphatic carbocycles. The monoisotopic (exact) mass is 333 g/mol. The van der Waals surface area contributed by atoms with Crippen molar-refractivity contribution in [2.24, 2.45) is 0 Å². The van der Waals surface area contributed by atoms with Crippen molar-refractivity contribution in [1.82, 2.24) is 5.32 Å². The fraction of sp³-hybridized carbons (Fsp3) is 0.182. The molecule has 2 nitrogen and oxygen atoms in total. The third-order valence-electron chi connectivity index (χ3n) is 4.60. The third-order valence-corrected chi connectivity index (χ3v) is 4.60. The van der Waals surface area contributed by atoms with Gasteiger partial charge in [0.2, 0.25) is 0 Å². The summed E-state index contributed by atoms with van der Waals surface area (Å²) < 4.78 is 19.5. The number of hydrogen-bond acceptors (Lipinski definition) is 2. The molecular weight excluding hydrogens is 313 g/mol. The molecule has 0 aromatic heterocycles. The molecule has 0 fully saturated rings. The molecular formula is C22H20FNO. The molecule has 1 aliphatic heterocycles. The molecule has 0 bridgehead atoms. The number of rotatable bonds is 4. The van der Waals surface area contributed by atoms with Crippen molar-refractivity contribution >= 4 is 0 Å². The van der Waals surface area contributed by atoms with E-state index in [9.17, 15) is 4.39 Å². The fourth-order valence-electron chi connectivity index (χ4n) is 3.36. The van der Waals surface area contributed by atoms with Gasteiger partial charge in [0, 0.05) is 6.54 Å². The number of benzene rings is 3. The molecule has 3 aromatic carbocycles. The molecule has 0 spiro atoms. The second-order valence-electron chi connectivity index (χ2n) is 6.33. The Balaban J connectivity index is 1.56. The first-order valence-corrected chi connectivity index (χ1v) is 8.58. The van der Waals surface area contributed by atoms with Gasteiger partial charge in [-0.25, -0.2) is 4.39 Å². The van der Waals surface area contributed by atoms with Crippen LogP contribution in [0.4, 0.5) is 4.39 Å². The zero-order valence-corrected chi connectivity index (χ0v) is 13.9. The predicted octanol–water partition coefficient (Wildman–Crippen LogP) is 4.64. The van der Waals surface area contributed by atoms with E-state index < -0.39 is 0 Å². The van der Waals surface area contributed by atoms with Gasteiger partial charge in [-0.05, 0) is 52.9 Å². The van der Waals surface area contributed by atoms with Crippen molar-refractivity contribution < 1.29 is 9.13 Å². The van der Waals surface area contributed by atoms with E-state index in [1.54, 1.807) is 12.1 Å². The van der Waals surface area contributed by atoms with Crippen LogP contribution in [-0.2, 0) is 13.0 Å². The van der Waals surface area contributed by atoms with Crippen LogP contribution in [0.1, 0.15) is 28.3 Å². The average molecular weight is 333 g/mol. The highest BCUT2D eigenvalue weighted by Gasteiger charge is 2.22. The van der Waals surface area contributed by atoms with Crippen LogP contribution in [-0.4, -0.2) is 6.54 Å². The van der Waals surface area contributed by atoms with Gasteiger partial charge in [-0.1, -0.05) is 48.5 Å². The molecule has 0 saturated heterocycles. The summed E-state index contributed by atoms with van der Waals surface area (Å²) in [6.45, 7) is 1.43. The van der Waals surface area contributed by atoms with Gasteiger partial charge in [0.1, 0.15) is 18.2 Å². The highest BCUT2D eigenvalue weighted by molar-refractivity contribution is 5.43. The Labute approximate surface area is 147 Å². The Morgan fingerprint density at radius 2 is 1.84 bits per heavy atom. The molecule has 1 heterocycles. The Bertz CT molecular complexity index is 863. The topological polar surface area (TPSA) is 21.3 Å². The second-order valence-corrected chi connectivity index (χ2v) is 6.33. The highest BCUT2D eigenvalue weighted by atomic mass is 19.1. The summed E-state index contributed by atoms with van der Waals surface area (Å²) in [5.41, 5.74) is 4.57. The zero-order chi connectivity index (χ0) is 17.1. The standard InChI is InChI=1S/C22H20FNO/c23-19-8-4-7-18(13-19)22-21-10-9-20(14-17(21)11-12-24-22)25-15-16-5-2-1-3-6-16/h1-10,13-14,22,24H,11-12,15H2. The summed E-state index contributed by atoms with van der Waals surface area (Å²) in [6.07, 6.45) is 0.948. The molecule has 25 heavy (non-hydrogen) atoms. The molecule has 1 aliphatic rings. The predicted molar refractivity (Wildman–Crippen MR) is 97.2 cm³/mol. The third kappa shape index (κ3) is 3.57. The van der Waals surface area contributed by atoms with Crippen LogP contribution in [0.3, 0.4) is 0 Å². The lowest BCUT2D eigenvalue weighted by atomic mass is 9.90. The number of halogens is 1. The number of nitrogens with one attached hydrogen (secondary N) is 1. The Morgan fingerprint density at radius 3 is 2.68 bits per heavy atom. The average Bonchev–Trinajstić information content (AvgIpc) is 2.66. The molecule has 126 valence electrons. The van der Waals surface area contributed by atoms with Crippen molar-refractivity contribution in [1.29, 1.82) is 0 Å². The first-order chi connectivity index (χ1) is 12.3. The van der Waals surface area contributed by atoms with Crippen molar-refractivity contribution in [3.63, 3.8) is 0 Å². The summed E-state index contributed by atoms with van der Waals surface area (Å²) in [7, 11) is 0. The number of ether oxygens (including phenoxy) is 1. The Morgan fingerprint density at radius 1 is 0.960 bits per heavy atom. The number of fused-ring (bicyclic) bond motifs is 1. The smallest absolute Gasteiger partial charge is 0.123 e. The van der Waals surface area contributed by atoms with Crippen LogP contribution in [0.5, 0.6) is 5.75 Å². The van der Waals surface area contributed by atoms with Crippen LogP contribution in [0.15, 0.2) is 72.8 Å². The SMILES string of the molecule is Fc1cccc(C2NCCc3cc(OCc4ccccc4)ccc32)c1. The van der Waals surface area contributed by atoms with Crippen molar-refractivity contribution in [3.05, 3.63) is 101 Å². The van der Waals surface area contributed by atoms with Crippen LogP contribution in [0, 0.1) is 5.82 Å². The summed E-state index contributed by atoms with van der Waals surface area (Å²) in [5, 5.41) is 3.49. The minimum atomic E-state index is -0.200. The van der Waals surface area contributed by atoms with E-state index in [0.717, 1.165) is 29.8 Å². The van der Waals surface area contributed by atoms with Gasteiger partial charge in [-0.15, -0.1) is 0 Å². The van der Waals surface area contributed by atoms with E-state index in [2.05, 4.69) is 29.6 Å². The van der Waals surface area contributed by atoms with Crippen LogP contribution in [0.25, 0.3) is 0 Å². The summed E-state index contributed by atoms with van der Waals surface area (Å²) in [6, 6.07) is 23.2. The quantitative estimate of drug-likeness (QED) is 0.751. The number of hydrogen-bond donors (Lipinski definition) is 1. The highest BCUT2D eigenvalue weighted by Crippen LogP contribution is 2.31. The lowest BCUT2D eigenvalue weighted by molar-refractivity contribution is 0.305. The maximum atomic E-state index is 13.6. The van der Waals surface area contributed by atoms with Crippen LogP contribution < -0.4 is 10.1 Å². The summed E-state index contributed by atoms with van der Waals surface area (Å²) >= 11 is 0. The van der Waals surface area contributed by atoms with Crippen LogP contribution in [0.2, 0.25) is 0 Å². The van der Waals surface area contributed by atoms with Gasteiger partial charge in [0.25, 0.3) is 0 Å². The van der Waals surface area contributed by atoms with Gasteiger partial charge in [0.15, 0.2) is 0 Å². The van der Waals surface area contributed by atoms with Gasteiger partial charge in [-0.3, -0.25) is 0 Å². The lowest BCUT2D eigenvalue weighted by Crippen LogP contribution is -2.30. The summed E-state index contributed by atoms with van der Waals surface area (Å²) in [5.74, 6) is 0.678. The van der Waals surface area contributed by atoms with Gasteiger partial charge in [0.05, 0.1) is 6.04 Å². The van der Waals surface area contributed by atoms with Gasteiger partial charge < -0.3 is 10.1 Å². The first-order valence-electron chi connectivity index (χ1n) is 8.58. The lowest BCUT2D eigenvalue weighted by Gasteiger charge is -2.28. The largest absolute Gasteiger partial charge is 0.489 e. The molecule has 4 rings (SSSR count). The normalized spacial score (nSPS) is 16.3. The summed E-state index contributed by atoms with van der Waals surface area (Å²) in [4.78, 5) is 0. The van der Waals surface area contributed by atoms with E-state index in [0.29, 0.717) is 6.61 Å². The van der Waals surface area contributed by atoms with Gasteiger partial charge in [-0.2, -0.15) is 0 Å². The minimum absolute atomic E-state index is 0.0302. The van der Waals surface area contributed by atoms with Crippen molar-refractivity contribution in [3.8, 4) is 5.75 Å². The molecule has 1 unspecified atom stereocenters. The molecule has 3 heteroatoms. The fourth-order valence-corrected chi connectivity index (χ4v) is 3.36. The first kappa shape index (κ1) is 15.9. The Kier molecular flexibility index (Phi) is 4.49. The molecule has 1 N–H and O–H groups in total. The molecule has 0 amide bonds. The zero-order valence-electron chi connectivity index (χ0n) is 13.9. The molecule has 0 saturated carbocycles. The van der Waals surface area contributed by atoms with E-state index in [1.807, 2.05) is 30.3 Å². The van der Waals surface area contributed by atoms with E-state index in [1.165, 1.54) is 17.2 Å². The van der Waals surface area contributed by atoms with Gasteiger partial charge >= 0.3 is 0 Å². The maximum absolute atomic E-state index is 13.6. The van der Waals surface area contributed by atoms with Crippen molar-refractivity contribution in [2.45, 2.75) is 19.1 Å². The minimum Gasteiger partial charge on any atom is -0.489 e. The van der Waals surface area contributed by atoms with E-state index >= 15 is 0 Å². The molecule has 0 radical (unpaired) electrons. The Hall–Kier alpha value is -2.65. The molecule has 1 atom stereocenters. The second kappa shape index (κ2) is 7.08. The van der Waals surface area contributed by atoms with E-state index in [4.69, 9.17) is 4.74 Å². The van der Waals surface area contributed by atoms with Crippen molar-refractivity contribution in [2.75, 3.05) is 6.54 Å². The maximum Gasteiger partial charge on any atom is 0.123 e. The molecule has 3 aromatic rings.